The molecular weight excluding hydrogens is 348 g/mol. The number of carbonyl (C=O) groups is 2. The van der Waals surface area contributed by atoms with Gasteiger partial charge in [-0.3, -0.25) is 5.32 Å². The number of urea groups is 1. The molecule has 2 aromatic rings. The minimum absolute atomic E-state index is 0.336. The number of carbonyl (C=O) groups excluding carboxylic acids is 2. The first kappa shape index (κ1) is 18.5. The summed E-state index contributed by atoms with van der Waals surface area (Å²) in [5, 5.41) is 6.27. The van der Waals surface area contributed by atoms with Gasteiger partial charge in [0.2, 0.25) is 0 Å². The standard InChI is InChI=1S/C20H24N2O3S/c1-3-11-25-19(23)17-15-9-4-5-10-16(15)26-18(17)22-20(24)21-14-8-6-7-13(2)12-14/h6-8,12H,3-5,9-11H2,1-2H3,(H2,21,22,24). The third kappa shape index (κ3) is 4.25. The molecule has 0 saturated carbocycles. The molecule has 138 valence electrons. The van der Waals surface area contributed by atoms with Crippen LogP contribution in [0.25, 0.3) is 0 Å². The molecule has 1 aliphatic rings. The number of hydrogen-bond acceptors (Lipinski definition) is 4. The number of benzene rings is 1. The van der Waals surface area contributed by atoms with Gasteiger partial charge >= 0.3 is 12.0 Å². The minimum Gasteiger partial charge on any atom is -0.462 e. The van der Waals surface area contributed by atoms with E-state index < -0.39 is 0 Å². The first-order valence-electron chi connectivity index (χ1n) is 9.04. The summed E-state index contributed by atoms with van der Waals surface area (Å²) in [6.07, 6.45) is 4.77. The van der Waals surface area contributed by atoms with Crippen molar-refractivity contribution < 1.29 is 14.3 Å². The van der Waals surface area contributed by atoms with Crippen LogP contribution in [0.3, 0.4) is 0 Å². The van der Waals surface area contributed by atoms with Crippen LogP contribution in [0.4, 0.5) is 15.5 Å². The van der Waals surface area contributed by atoms with Crippen molar-refractivity contribution in [3.8, 4) is 0 Å². The maximum atomic E-state index is 12.6. The highest BCUT2D eigenvalue weighted by atomic mass is 32.1. The Bertz CT molecular complexity index is 813. The van der Waals surface area contributed by atoms with Crippen LogP contribution >= 0.6 is 11.3 Å². The van der Waals surface area contributed by atoms with Gasteiger partial charge in [-0.15, -0.1) is 11.3 Å². The van der Waals surface area contributed by atoms with Crippen LogP contribution in [0, 0.1) is 6.92 Å². The summed E-state index contributed by atoms with van der Waals surface area (Å²) in [7, 11) is 0. The van der Waals surface area contributed by atoms with Crippen molar-refractivity contribution in [3.63, 3.8) is 0 Å². The second-order valence-corrected chi connectivity index (χ2v) is 7.60. The molecule has 1 aromatic heterocycles. The average molecular weight is 372 g/mol. The third-order valence-electron chi connectivity index (χ3n) is 4.32. The van der Waals surface area contributed by atoms with E-state index in [0.29, 0.717) is 17.2 Å². The fourth-order valence-electron chi connectivity index (χ4n) is 3.13. The smallest absolute Gasteiger partial charge is 0.341 e. The number of thiophene rings is 1. The van der Waals surface area contributed by atoms with Crippen LogP contribution < -0.4 is 10.6 Å². The van der Waals surface area contributed by atoms with Crippen LogP contribution in [0.15, 0.2) is 24.3 Å². The number of aryl methyl sites for hydroxylation is 2. The van der Waals surface area contributed by atoms with E-state index in [4.69, 9.17) is 4.74 Å². The zero-order valence-electron chi connectivity index (χ0n) is 15.2. The number of fused-ring (bicyclic) bond motifs is 1. The van der Waals surface area contributed by atoms with Gasteiger partial charge in [0.1, 0.15) is 5.00 Å². The molecule has 2 amide bonds. The van der Waals surface area contributed by atoms with Crippen molar-refractivity contribution in [3.05, 3.63) is 45.8 Å². The van der Waals surface area contributed by atoms with E-state index in [0.717, 1.165) is 48.9 Å². The van der Waals surface area contributed by atoms with E-state index >= 15 is 0 Å². The largest absolute Gasteiger partial charge is 0.462 e. The predicted octanol–water partition coefficient (Wildman–Crippen LogP) is 5.15. The lowest BCUT2D eigenvalue weighted by Gasteiger charge is -2.13. The fraction of sp³-hybridized carbons (Fsp3) is 0.400. The Kier molecular flexibility index (Phi) is 5.93. The highest BCUT2D eigenvalue weighted by Crippen LogP contribution is 2.38. The molecule has 0 fully saturated rings. The fourth-order valence-corrected chi connectivity index (χ4v) is 4.40. The summed E-state index contributed by atoms with van der Waals surface area (Å²) < 4.78 is 5.35. The van der Waals surface area contributed by atoms with Gasteiger partial charge in [-0.1, -0.05) is 19.1 Å². The van der Waals surface area contributed by atoms with Crippen LogP contribution in [0.1, 0.15) is 52.5 Å². The first-order chi connectivity index (χ1) is 12.6. The number of hydrogen-bond donors (Lipinski definition) is 2. The maximum absolute atomic E-state index is 12.6. The van der Waals surface area contributed by atoms with E-state index in [9.17, 15) is 9.59 Å². The second kappa shape index (κ2) is 8.36. The van der Waals surface area contributed by atoms with Gasteiger partial charge in [-0.2, -0.15) is 0 Å². The Labute approximate surface area is 157 Å². The number of rotatable bonds is 5. The van der Waals surface area contributed by atoms with E-state index in [1.807, 2.05) is 38.1 Å². The maximum Gasteiger partial charge on any atom is 0.341 e. The van der Waals surface area contributed by atoms with E-state index in [2.05, 4.69) is 10.6 Å². The van der Waals surface area contributed by atoms with Gasteiger partial charge < -0.3 is 10.1 Å². The molecule has 3 rings (SSSR count). The first-order valence-corrected chi connectivity index (χ1v) is 9.86. The number of amides is 2. The van der Waals surface area contributed by atoms with E-state index in [1.54, 1.807) is 0 Å². The van der Waals surface area contributed by atoms with Crippen molar-refractivity contribution in [1.82, 2.24) is 0 Å². The zero-order valence-corrected chi connectivity index (χ0v) is 16.0. The molecule has 0 bridgehead atoms. The van der Waals surface area contributed by atoms with Gasteiger partial charge in [-0.05, 0) is 62.3 Å². The predicted molar refractivity (Wildman–Crippen MR) is 105 cm³/mol. The molecular formula is C20H24N2O3S. The van der Waals surface area contributed by atoms with Gasteiger partial charge in [0, 0.05) is 10.6 Å². The van der Waals surface area contributed by atoms with Crippen LogP contribution in [-0.2, 0) is 17.6 Å². The third-order valence-corrected chi connectivity index (χ3v) is 5.52. The SMILES string of the molecule is CCCOC(=O)c1c(NC(=O)Nc2cccc(C)c2)sc2c1CCCC2. The Hall–Kier alpha value is -2.34. The molecule has 0 atom stereocenters. The van der Waals surface area contributed by atoms with Gasteiger partial charge in [0.05, 0.1) is 12.2 Å². The van der Waals surface area contributed by atoms with Gasteiger partial charge in [-0.25, -0.2) is 9.59 Å². The highest BCUT2D eigenvalue weighted by molar-refractivity contribution is 7.17. The molecule has 1 heterocycles. The van der Waals surface area contributed by atoms with Crippen LogP contribution in [0.5, 0.6) is 0 Å². The Morgan fingerprint density at radius 2 is 2.00 bits per heavy atom. The topological polar surface area (TPSA) is 67.4 Å². The van der Waals surface area contributed by atoms with Crippen molar-refractivity contribution in [2.75, 3.05) is 17.2 Å². The van der Waals surface area contributed by atoms with Crippen molar-refractivity contribution in [1.29, 1.82) is 0 Å². The molecule has 0 aliphatic heterocycles. The molecule has 0 radical (unpaired) electrons. The summed E-state index contributed by atoms with van der Waals surface area (Å²) in [5.74, 6) is -0.336. The summed E-state index contributed by atoms with van der Waals surface area (Å²) >= 11 is 1.49. The van der Waals surface area contributed by atoms with E-state index in [-0.39, 0.29) is 12.0 Å². The van der Waals surface area contributed by atoms with Crippen LogP contribution in [-0.4, -0.2) is 18.6 Å². The molecule has 6 heteroatoms. The summed E-state index contributed by atoms with van der Waals surface area (Å²) in [6, 6.07) is 7.25. The lowest BCUT2D eigenvalue weighted by Crippen LogP contribution is -2.21. The Morgan fingerprint density at radius 1 is 1.19 bits per heavy atom. The normalized spacial score (nSPS) is 13.0. The monoisotopic (exact) mass is 372 g/mol. The molecule has 0 saturated heterocycles. The number of nitrogens with one attached hydrogen (secondary N) is 2. The zero-order chi connectivity index (χ0) is 18.5. The van der Waals surface area contributed by atoms with Crippen molar-refractivity contribution in [2.24, 2.45) is 0 Å². The van der Waals surface area contributed by atoms with Crippen molar-refractivity contribution >= 4 is 34.0 Å². The number of esters is 1. The molecule has 2 N–H and O–H groups in total. The minimum atomic E-state index is -0.348. The lowest BCUT2D eigenvalue weighted by atomic mass is 9.95. The van der Waals surface area contributed by atoms with Crippen LogP contribution in [0.2, 0.25) is 0 Å². The lowest BCUT2D eigenvalue weighted by molar-refractivity contribution is 0.0505. The van der Waals surface area contributed by atoms with Gasteiger partial charge in [0.15, 0.2) is 0 Å². The molecule has 1 aliphatic carbocycles. The Balaban J connectivity index is 1.80. The van der Waals surface area contributed by atoms with Crippen molar-refractivity contribution in [2.45, 2.75) is 46.0 Å². The molecule has 1 aromatic carbocycles. The summed E-state index contributed by atoms with van der Waals surface area (Å²) in [6.45, 7) is 4.32. The van der Waals surface area contributed by atoms with E-state index in [1.165, 1.54) is 16.2 Å². The molecule has 26 heavy (non-hydrogen) atoms. The molecule has 0 spiro atoms. The highest BCUT2D eigenvalue weighted by Gasteiger charge is 2.27. The summed E-state index contributed by atoms with van der Waals surface area (Å²) in [5.41, 5.74) is 3.38. The Morgan fingerprint density at radius 3 is 2.77 bits per heavy atom. The van der Waals surface area contributed by atoms with Gasteiger partial charge in [0.25, 0.3) is 0 Å². The molecule has 0 unspecified atom stereocenters. The summed E-state index contributed by atoms with van der Waals surface area (Å²) in [4.78, 5) is 26.2. The average Bonchev–Trinajstić information content (AvgIpc) is 2.97. The number of ether oxygens (including phenoxy) is 1. The number of anilines is 2. The molecule has 5 nitrogen and oxygen atoms in total. The second-order valence-electron chi connectivity index (χ2n) is 6.50. The quantitative estimate of drug-likeness (QED) is 0.714.